The molecule has 0 atom stereocenters. The summed E-state index contributed by atoms with van der Waals surface area (Å²) in [6.45, 7) is 10.2. The fourth-order valence-corrected chi connectivity index (χ4v) is 3.17. The van der Waals surface area contributed by atoms with E-state index in [1.807, 2.05) is 24.3 Å². The summed E-state index contributed by atoms with van der Waals surface area (Å²) in [7, 11) is 0. The summed E-state index contributed by atoms with van der Waals surface area (Å²) in [6, 6.07) is 13.6. The van der Waals surface area contributed by atoms with Gasteiger partial charge in [0.15, 0.2) is 0 Å². The van der Waals surface area contributed by atoms with Gasteiger partial charge in [-0.3, -0.25) is 0 Å². The minimum atomic E-state index is 0. The lowest BCUT2D eigenvalue weighted by molar-refractivity contribution is 0.298. The van der Waals surface area contributed by atoms with Crippen molar-refractivity contribution in [1.82, 2.24) is 10.2 Å². The lowest BCUT2D eigenvalue weighted by atomic mass is 10.2. The summed E-state index contributed by atoms with van der Waals surface area (Å²) in [4.78, 5) is 2.45. The van der Waals surface area contributed by atoms with Crippen molar-refractivity contribution in [3.05, 3.63) is 63.6 Å². The normalized spacial score (nSPS) is 10.3. The molecule has 1 N–H and O–H groups in total. The molecule has 0 saturated carbocycles. The second kappa shape index (κ2) is 15.2. The van der Waals surface area contributed by atoms with E-state index in [9.17, 15) is 0 Å². The first kappa shape index (κ1) is 27.3. The molecule has 0 heterocycles. The van der Waals surface area contributed by atoms with E-state index in [1.165, 1.54) is 12.0 Å². The van der Waals surface area contributed by atoms with E-state index in [0.29, 0.717) is 16.7 Å². The van der Waals surface area contributed by atoms with Crippen molar-refractivity contribution in [2.24, 2.45) is 0 Å². The molecule has 0 aliphatic carbocycles. The number of ether oxygens (including phenoxy) is 1. The van der Waals surface area contributed by atoms with Gasteiger partial charge in [0, 0.05) is 22.2 Å². The summed E-state index contributed by atoms with van der Waals surface area (Å²) < 4.78 is 5.81. The fourth-order valence-electron chi connectivity index (χ4n) is 2.70. The molecule has 0 spiro atoms. The van der Waals surface area contributed by atoms with Crippen molar-refractivity contribution in [1.29, 1.82) is 0 Å². The average molecular weight is 468 g/mol. The van der Waals surface area contributed by atoms with E-state index >= 15 is 0 Å². The van der Waals surface area contributed by atoms with E-state index in [0.717, 1.165) is 44.0 Å². The number of rotatable bonds is 11. The Morgan fingerprint density at radius 2 is 1.64 bits per heavy atom. The van der Waals surface area contributed by atoms with Gasteiger partial charge in [-0.25, -0.2) is 0 Å². The van der Waals surface area contributed by atoms with Crippen LogP contribution < -0.4 is 10.1 Å². The maximum absolute atomic E-state index is 6.17. The van der Waals surface area contributed by atoms with Crippen LogP contribution in [0.1, 0.15) is 31.4 Å². The van der Waals surface area contributed by atoms with Crippen LogP contribution in [-0.4, -0.2) is 31.1 Å². The number of hydrogen-bond donors (Lipinski definition) is 1. The molecule has 2 aromatic rings. The molecular weight excluding hydrogens is 438 g/mol. The van der Waals surface area contributed by atoms with Gasteiger partial charge in [0.1, 0.15) is 12.4 Å². The van der Waals surface area contributed by atoms with Crippen LogP contribution in [0.25, 0.3) is 0 Å². The third-order valence-electron chi connectivity index (χ3n) is 4.38. The number of halogens is 4. The molecule has 0 aromatic heterocycles. The monoisotopic (exact) mass is 466 g/mol. The molecule has 0 fully saturated rings. The third-order valence-corrected chi connectivity index (χ3v) is 4.97. The standard InChI is InChI=1S/C21H28Cl2N2O.2ClH/c1-3-25(4-2)13-5-12-24-15-17-6-10-20(11-7-17)26-16-18-8-9-19(22)14-21(18)23;;/h6-11,14,24H,3-5,12-13,15-16H2,1-2H3;2*1H. The van der Waals surface area contributed by atoms with Gasteiger partial charge in [-0.1, -0.05) is 55.2 Å². The summed E-state index contributed by atoms with van der Waals surface area (Å²) in [5, 5.41) is 4.76. The Labute approximate surface area is 191 Å². The number of hydrogen-bond acceptors (Lipinski definition) is 3. The average Bonchev–Trinajstić information content (AvgIpc) is 2.65. The van der Waals surface area contributed by atoms with Crippen LogP contribution in [0.2, 0.25) is 10.0 Å². The number of benzene rings is 2. The van der Waals surface area contributed by atoms with E-state index in [-0.39, 0.29) is 24.8 Å². The highest BCUT2D eigenvalue weighted by Crippen LogP contribution is 2.22. The van der Waals surface area contributed by atoms with Crippen LogP contribution in [0.15, 0.2) is 42.5 Å². The molecule has 158 valence electrons. The molecule has 0 unspecified atom stereocenters. The molecule has 0 aliphatic heterocycles. The topological polar surface area (TPSA) is 24.5 Å². The van der Waals surface area contributed by atoms with Gasteiger partial charge in [0.05, 0.1) is 0 Å². The van der Waals surface area contributed by atoms with E-state index in [2.05, 4.69) is 36.2 Å². The minimum Gasteiger partial charge on any atom is -0.489 e. The number of nitrogens with one attached hydrogen (secondary N) is 1. The lowest BCUT2D eigenvalue weighted by Crippen LogP contribution is -2.27. The summed E-state index contributed by atoms with van der Waals surface area (Å²) in [5.41, 5.74) is 2.18. The molecule has 0 aliphatic rings. The first-order valence-corrected chi connectivity index (χ1v) is 9.96. The first-order valence-electron chi connectivity index (χ1n) is 9.21. The Kier molecular flexibility index (Phi) is 14.8. The molecule has 0 radical (unpaired) electrons. The van der Waals surface area contributed by atoms with Crippen LogP contribution >= 0.6 is 48.0 Å². The highest BCUT2D eigenvalue weighted by atomic mass is 35.5. The van der Waals surface area contributed by atoms with Gasteiger partial charge in [0.25, 0.3) is 0 Å². The van der Waals surface area contributed by atoms with E-state index in [4.69, 9.17) is 27.9 Å². The predicted octanol–water partition coefficient (Wildman–Crippen LogP) is 6.24. The zero-order chi connectivity index (χ0) is 18.8. The summed E-state index contributed by atoms with van der Waals surface area (Å²) in [5.74, 6) is 0.835. The Morgan fingerprint density at radius 3 is 2.25 bits per heavy atom. The summed E-state index contributed by atoms with van der Waals surface area (Å²) >= 11 is 12.1. The van der Waals surface area contributed by atoms with E-state index < -0.39 is 0 Å². The molecule has 2 aromatic carbocycles. The third kappa shape index (κ3) is 9.69. The van der Waals surface area contributed by atoms with Crippen LogP contribution in [-0.2, 0) is 13.2 Å². The van der Waals surface area contributed by atoms with Crippen LogP contribution in [0.5, 0.6) is 5.75 Å². The van der Waals surface area contributed by atoms with Crippen LogP contribution in [0.3, 0.4) is 0 Å². The Hall–Kier alpha value is -0.680. The molecule has 2 rings (SSSR count). The smallest absolute Gasteiger partial charge is 0.119 e. The van der Waals surface area contributed by atoms with Crippen molar-refractivity contribution < 1.29 is 4.74 Å². The maximum atomic E-state index is 6.17. The predicted molar refractivity (Wildman–Crippen MR) is 126 cm³/mol. The van der Waals surface area contributed by atoms with Crippen molar-refractivity contribution in [2.75, 3.05) is 26.2 Å². The maximum Gasteiger partial charge on any atom is 0.119 e. The zero-order valence-electron chi connectivity index (χ0n) is 16.4. The lowest BCUT2D eigenvalue weighted by Gasteiger charge is -2.17. The van der Waals surface area contributed by atoms with Crippen molar-refractivity contribution in [3.63, 3.8) is 0 Å². The quantitative estimate of drug-likeness (QED) is 0.396. The molecule has 0 bridgehead atoms. The van der Waals surface area contributed by atoms with Gasteiger partial charge >= 0.3 is 0 Å². The molecule has 28 heavy (non-hydrogen) atoms. The molecule has 7 heteroatoms. The Balaban J connectivity index is 0.00000364. The van der Waals surface area contributed by atoms with Gasteiger partial charge in [-0.05, 0) is 62.4 Å². The largest absolute Gasteiger partial charge is 0.489 e. The van der Waals surface area contributed by atoms with E-state index in [1.54, 1.807) is 6.07 Å². The number of nitrogens with zero attached hydrogens (tertiary/aromatic N) is 1. The van der Waals surface area contributed by atoms with Crippen LogP contribution in [0.4, 0.5) is 0 Å². The van der Waals surface area contributed by atoms with Crippen molar-refractivity contribution in [2.45, 2.75) is 33.4 Å². The molecule has 0 amide bonds. The highest BCUT2D eigenvalue weighted by molar-refractivity contribution is 6.35. The fraction of sp³-hybridized carbons (Fsp3) is 0.429. The Bertz CT molecular complexity index is 664. The zero-order valence-corrected chi connectivity index (χ0v) is 19.6. The summed E-state index contributed by atoms with van der Waals surface area (Å²) in [6.07, 6.45) is 1.17. The van der Waals surface area contributed by atoms with Gasteiger partial charge in [-0.2, -0.15) is 0 Å². The second-order valence-corrected chi connectivity index (χ2v) is 7.07. The van der Waals surface area contributed by atoms with Crippen molar-refractivity contribution >= 4 is 48.0 Å². The first-order chi connectivity index (χ1) is 12.6. The molecular formula is C21H30Cl4N2O. The van der Waals surface area contributed by atoms with Crippen molar-refractivity contribution in [3.8, 4) is 5.75 Å². The van der Waals surface area contributed by atoms with Crippen LogP contribution in [0, 0.1) is 0 Å². The van der Waals surface area contributed by atoms with Gasteiger partial charge in [-0.15, -0.1) is 24.8 Å². The molecule has 0 saturated heterocycles. The van der Waals surface area contributed by atoms with Gasteiger partial charge in [0.2, 0.25) is 0 Å². The molecule has 3 nitrogen and oxygen atoms in total. The highest BCUT2D eigenvalue weighted by Gasteiger charge is 2.03. The van der Waals surface area contributed by atoms with Gasteiger partial charge < -0.3 is 15.0 Å². The SMILES string of the molecule is CCN(CC)CCCNCc1ccc(OCc2ccc(Cl)cc2Cl)cc1.Cl.Cl. The second-order valence-electron chi connectivity index (χ2n) is 6.23. The Morgan fingerprint density at radius 1 is 0.964 bits per heavy atom. The minimum absolute atomic E-state index is 0.